The van der Waals surface area contributed by atoms with Crippen LogP contribution in [0.1, 0.15) is 0 Å². The monoisotopic (exact) mass is 186 g/mol. The van der Waals surface area contributed by atoms with Crippen molar-refractivity contribution in [2.45, 2.75) is 4.90 Å². The fourth-order valence-corrected chi connectivity index (χ4v) is 1.65. The van der Waals surface area contributed by atoms with E-state index in [1.807, 2.05) is 0 Å². The Balaban J connectivity index is 3.24. The predicted molar refractivity (Wildman–Crippen MR) is 47.3 cm³/mol. The average molecular weight is 186 g/mol. The van der Waals surface area contributed by atoms with Gasteiger partial charge in [-0.25, -0.2) is 8.42 Å². The molecule has 0 saturated heterocycles. The Hall–Kier alpha value is -0.740. The lowest BCUT2D eigenvalue weighted by Gasteiger charge is -1.94. The van der Waals surface area contributed by atoms with Gasteiger partial charge in [-0.05, 0) is 12.1 Å². The lowest BCUT2D eigenvalue weighted by Crippen LogP contribution is -1.98. The molecule has 1 aromatic carbocycles. The minimum atomic E-state index is -3.31. The zero-order valence-electron chi connectivity index (χ0n) is 5.60. The number of rotatable bonds is 2. The molecule has 0 aliphatic heterocycles. The van der Waals surface area contributed by atoms with Crippen LogP contribution in [0.5, 0.6) is 0 Å². The van der Waals surface area contributed by atoms with Crippen molar-refractivity contribution in [1.82, 2.24) is 0 Å². The van der Waals surface area contributed by atoms with Crippen LogP contribution in [-0.4, -0.2) is 13.1 Å². The van der Waals surface area contributed by atoms with E-state index in [0.717, 1.165) is 4.70 Å². The maximum atomic E-state index is 11.0. The molecule has 0 heterocycles. The van der Waals surface area contributed by atoms with E-state index < -0.39 is 9.84 Å². The Kier molecular flexibility index (Phi) is 2.36. The topological polar surface area (TPSA) is 34.1 Å². The summed E-state index contributed by atoms with van der Waals surface area (Å²) in [6.07, 6.45) is 0. The van der Waals surface area contributed by atoms with Gasteiger partial charge in [-0.2, -0.15) is 0 Å². The zero-order valence-corrected chi connectivity index (χ0v) is 7.23. The Morgan fingerprint density at radius 2 is 1.73 bits per heavy atom. The fraction of sp³-hybridized carbons (Fsp3) is 0. The Morgan fingerprint density at radius 1 is 1.18 bits per heavy atom. The van der Waals surface area contributed by atoms with Gasteiger partial charge in [0, 0.05) is 0 Å². The van der Waals surface area contributed by atoms with E-state index in [0.29, 0.717) is 0 Å². The molecule has 0 amide bonds. The fourth-order valence-electron chi connectivity index (χ4n) is 0.666. The van der Waals surface area contributed by atoms with Crippen LogP contribution in [0.25, 0.3) is 0 Å². The van der Waals surface area contributed by atoms with E-state index >= 15 is 0 Å². The van der Waals surface area contributed by atoms with E-state index in [2.05, 4.69) is 12.2 Å². The van der Waals surface area contributed by atoms with Gasteiger partial charge >= 0.3 is 0 Å². The first-order chi connectivity index (χ1) is 5.17. The molecule has 0 spiro atoms. The summed E-state index contributed by atoms with van der Waals surface area (Å²) in [4.78, 5) is 0.245. The van der Waals surface area contributed by atoms with Crippen LogP contribution in [0.2, 0.25) is 0 Å². The summed E-state index contributed by atoms with van der Waals surface area (Å²) >= 11 is 4.36. The quantitative estimate of drug-likeness (QED) is 0.655. The summed E-state index contributed by atoms with van der Waals surface area (Å²) in [5.41, 5.74) is 0. The molecule has 0 bridgehead atoms. The molecule has 1 rings (SSSR count). The van der Waals surface area contributed by atoms with E-state index in [1.165, 1.54) is 12.1 Å². The van der Waals surface area contributed by atoms with Gasteiger partial charge in [-0.1, -0.05) is 30.4 Å². The van der Waals surface area contributed by atoms with Crippen molar-refractivity contribution >= 4 is 26.8 Å². The van der Waals surface area contributed by atoms with E-state index in [4.69, 9.17) is 0 Å². The van der Waals surface area contributed by atoms with E-state index in [1.54, 1.807) is 18.2 Å². The van der Waals surface area contributed by atoms with Crippen molar-refractivity contribution in [1.29, 1.82) is 0 Å². The maximum absolute atomic E-state index is 11.0. The van der Waals surface area contributed by atoms with Crippen molar-refractivity contribution in [2.24, 2.45) is 0 Å². The second kappa shape index (κ2) is 3.11. The third-order valence-corrected chi connectivity index (χ3v) is 3.14. The summed E-state index contributed by atoms with van der Waals surface area (Å²) in [7, 11) is -3.31. The highest BCUT2D eigenvalue weighted by Crippen LogP contribution is 2.06. The molecular weight excluding hydrogens is 180 g/mol. The van der Waals surface area contributed by atoms with Crippen molar-refractivity contribution < 1.29 is 8.42 Å². The number of hydrogen-bond donors (Lipinski definition) is 0. The maximum Gasteiger partial charge on any atom is 0.209 e. The number of sulfone groups is 1. The number of hydrogen-bond acceptors (Lipinski definition) is 3. The molecule has 4 heteroatoms. The first kappa shape index (κ1) is 8.36. The van der Waals surface area contributed by atoms with Crippen molar-refractivity contribution in [3.63, 3.8) is 0 Å². The van der Waals surface area contributed by atoms with Gasteiger partial charge in [0.2, 0.25) is 9.84 Å². The second-order valence-electron chi connectivity index (χ2n) is 1.95. The van der Waals surface area contributed by atoms with Crippen LogP contribution in [0.3, 0.4) is 0 Å². The van der Waals surface area contributed by atoms with Crippen LogP contribution < -0.4 is 0 Å². The summed E-state index contributed by atoms with van der Waals surface area (Å²) in [6.45, 7) is 0. The highest BCUT2D eigenvalue weighted by molar-refractivity contribution is 8.14. The van der Waals surface area contributed by atoms with Crippen molar-refractivity contribution in [3.8, 4) is 0 Å². The van der Waals surface area contributed by atoms with Crippen LogP contribution in [0, 0.1) is 0 Å². The molecule has 0 unspecified atom stereocenters. The largest absolute Gasteiger partial charge is 0.218 e. The summed E-state index contributed by atoms with van der Waals surface area (Å²) in [5, 5.41) is 0. The first-order valence-electron chi connectivity index (χ1n) is 2.92. The van der Waals surface area contributed by atoms with Crippen LogP contribution in [0.15, 0.2) is 35.2 Å². The minimum Gasteiger partial charge on any atom is -0.218 e. The Bertz CT molecular complexity index is 340. The molecule has 11 heavy (non-hydrogen) atoms. The van der Waals surface area contributed by atoms with Crippen LogP contribution >= 0.6 is 12.2 Å². The van der Waals surface area contributed by atoms with Crippen LogP contribution in [-0.2, 0) is 9.84 Å². The smallest absolute Gasteiger partial charge is 0.209 e. The molecule has 2 nitrogen and oxygen atoms in total. The first-order valence-corrected chi connectivity index (χ1v) is 4.94. The predicted octanol–water partition coefficient (Wildman–Crippen LogP) is 1.42. The van der Waals surface area contributed by atoms with E-state index in [-0.39, 0.29) is 4.90 Å². The Labute approximate surface area is 70.8 Å². The van der Waals surface area contributed by atoms with Gasteiger partial charge in [0.1, 0.15) is 0 Å². The number of benzene rings is 1. The van der Waals surface area contributed by atoms with Crippen LogP contribution in [0.4, 0.5) is 0 Å². The highest BCUT2D eigenvalue weighted by Gasteiger charge is 2.07. The summed E-state index contributed by atoms with van der Waals surface area (Å²) in [6, 6.07) is 8.09. The molecule has 0 radical (unpaired) electrons. The van der Waals surface area contributed by atoms with Gasteiger partial charge in [0.25, 0.3) is 0 Å². The van der Waals surface area contributed by atoms with E-state index in [9.17, 15) is 8.42 Å². The molecule has 0 aromatic heterocycles. The average Bonchev–Trinajstić information content (AvgIpc) is 2.06. The lowest BCUT2D eigenvalue weighted by atomic mass is 10.4. The van der Waals surface area contributed by atoms with Crippen molar-refractivity contribution in [2.75, 3.05) is 0 Å². The van der Waals surface area contributed by atoms with Gasteiger partial charge < -0.3 is 0 Å². The summed E-state index contributed by atoms with van der Waals surface area (Å²) < 4.78 is 22.9. The molecule has 0 aliphatic carbocycles. The second-order valence-corrected chi connectivity index (χ2v) is 4.29. The lowest BCUT2D eigenvalue weighted by molar-refractivity contribution is 0.608. The van der Waals surface area contributed by atoms with Gasteiger partial charge in [0.05, 0.1) is 9.59 Å². The van der Waals surface area contributed by atoms with Gasteiger partial charge in [-0.15, -0.1) is 0 Å². The third-order valence-electron chi connectivity index (χ3n) is 1.20. The normalized spacial score (nSPS) is 10.9. The molecule has 1 aromatic rings. The SMILES string of the molecule is O=S(=O)(C=S)c1ccccc1. The molecular formula is C7H6O2S2. The van der Waals surface area contributed by atoms with Gasteiger partial charge in [0.15, 0.2) is 0 Å². The molecule has 0 N–H and O–H groups in total. The standard InChI is InChI=1S/C7H6O2S2/c8-11(9,6-10)7-4-2-1-3-5-7/h1-6H. The Morgan fingerprint density at radius 3 is 2.18 bits per heavy atom. The highest BCUT2D eigenvalue weighted by atomic mass is 32.2. The zero-order chi connectivity index (χ0) is 8.32. The molecule has 0 atom stereocenters. The minimum absolute atomic E-state index is 0.245. The van der Waals surface area contributed by atoms with Gasteiger partial charge in [-0.3, -0.25) is 0 Å². The molecule has 58 valence electrons. The number of thiocarbonyl (C=S) groups is 1. The molecule has 0 fully saturated rings. The molecule has 0 aliphatic rings. The third kappa shape index (κ3) is 1.85. The molecule has 0 saturated carbocycles. The van der Waals surface area contributed by atoms with Crippen molar-refractivity contribution in [3.05, 3.63) is 30.3 Å². The summed E-state index contributed by atoms with van der Waals surface area (Å²) in [5.74, 6) is 0.